The van der Waals surface area contributed by atoms with Gasteiger partial charge in [0.25, 0.3) is 0 Å². The van der Waals surface area contributed by atoms with Crippen LogP contribution in [0.4, 0.5) is 0 Å². The second-order valence-electron chi connectivity index (χ2n) is 6.51. The highest BCUT2D eigenvalue weighted by Gasteiger charge is 2.33. The molecule has 1 rings (SSSR count). The zero-order valence-corrected chi connectivity index (χ0v) is 13.1. The van der Waals surface area contributed by atoms with Crippen molar-refractivity contribution in [3.63, 3.8) is 0 Å². The van der Waals surface area contributed by atoms with Gasteiger partial charge in [-0.2, -0.15) is 0 Å². The third kappa shape index (κ3) is 4.22. The van der Waals surface area contributed by atoms with Gasteiger partial charge in [0.1, 0.15) is 0 Å². The average Bonchev–Trinajstić information content (AvgIpc) is 2.71. The number of hydrogen-bond acceptors (Lipinski definition) is 3. The first-order valence-corrected chi connectivity index (χ1v) is 7.43. The van der Waals surface area contributed by atoms with Crippen molar-refractivity contribution in [1.82, 2.24) is 10.2 Å². The van der Waals surface area contributed by atoms with Gasteiger partial charge in [-0.1, -0.05) is 20.8 Å². The van der Waals surface area contributed by atoms with Crippen molar-refractivity contribution >= 4 is 0 Å². The van der Waals surface area contributed by atoms with Crippen LogP contribution in [0.3, 0.4) is 0 Å². The van der Waals surface area contributed by atoms with Crippen LogP contribution in [0, 0.1) is 5.41 Å². The van der Waals surface area contributed by atoms with Gasteiger partial charge < -0.3 is 15.0 Å². The van der Waals surface area contributed by atoms with E-state index in [1.807, 2.05) is 0 Å². The molecule has 0 aliphatic carbocycles. The molecule has 1 aliphatic heterocycles. The largest absolute Gasteiger partial charge is 0.377 e. The molecule has 3 heteroatoms. The van der Waals surface area contributed by atoms with E-state index in [9.17, 15) is 0 Å². The maximum atomic E-state index is 5.67. The van der Waals surface area contributed by atoms with Gasteiger partial charge in [0.15, 0.2) is 0 Å². The van der Waals surface area contributed by atoms with E-state index < -0.39 is 0 Å². The molecule has 1 N–H and O–H groups in total. The van der Waals surface area contributed by atoms with Crippen molar-refractivity contribution in [3.8, 4) is 0 Å². The zero-order chi connectivity index (χ0) is 13.8. The maximum Gasteiger partial charge on any atom is 0.0702 e. The summed E-state index contributed by atoms with van der Waals surface area (Å²) in [4.78, 5) is 2.49. The van der Waals surface area contributed by atoms with Gasteiger partial charge in [-0.05, 0) is 45.7 Å². The summed E-state index contributed by atoms with van der Waals surface area (Å²) in [6.07, 6.45) is 2.75. The van der Waals surface area contributed by atoms with Crippen molar-refractivity contribution in [2.24, 2.45) is 5.41 Å². The Balaban J connectivity index is 2.47. The van der Waals surface area contributed by atoms with E-state index in [0.717, 1.165) is 19.7 Å². The summed E-state index contributed by atoms with van der Waals surface area (Å²) in [5.41, 5.74) is 0.284. The lowest BCUT2D eigenvalue weighted by molar-refractivity contribution is 0.0628. The molecule has 0 aromatic rings. The second kappa shape index (κ2) is 6.88. The third-order valence-corrected chi connectivity index (χ3v) is 4.43. The summed E-state index contributed by atoms with van der Waals surface area (Å²) in [5.74, 6) is 0. The van der Waals surface area contributed by atoms with Crippen LogP contribution in [0.15, 0.2) is 0 Å². The monoisotopic (exact) mass is 256 g/mol. The summed E-state index contributed by atoms with van der Waals surface area (Å²) in [6, 6.07) is 1.13. The minimum atomic E-state index is 0.284. The molecule has 18 heavy (non-hydrogen) atoms. The molecule has 3 unspecified atom stereocenters. The van der Waals surface area contributed by atoms with Crippen LogP contribution < -0.4 is 5.32 Å². The molecule has 3 nitrogen and oxygen atoms in total. The second-order valence-corrected chi connectivity index (χ2v) is 6.51. The molecule has 0 spiro atoms. The Morgan fingerprint density at radius 3 is 2.61 bits per heavy atom. The number of hydrogen-bond donors (Lipinski definition) is 1. The quantitative estimate of drug-likeness (QED) is 0.757. The number of rotatable bonds is 7. The SMILES string of the molecule is CCCNC(C)C(C)(C)CN(C)C1CCOC1C. The summed E-state index contributed by atoms with van der Waals surface area (Å²) in [5, 5.41) is 3.62. The molecule has 1 aliphatic rings. The maximum absolute atomic E-state index is 5.67. The van der Waals surface area contributed by atoms with Crippen molar-refractivity contribution < 1.29 is 4.74 Å². The smallest absolute Gasteiger partial charge is 0.0702 e. The molecule has 0 aromatic carbocycles. The Morgan fingerprint density at radius 2 is 2.11 bits per heavy atom. The Morgan fingerprint density at radius 1 is 1.44 bits per heavy atom. The normalized spacial score (nSPS) is 26.8. The van der Waals surface area contributed by atoms with Crippen LogP contribution in [0.5, 0.6) is 0 Å². The first-order valence-electron chi connectivity index (χ1n) is 7.43. The molecule has 0 amide bonds. The topological polar surface area (TPSA) is 24.5 Å². The summed E-state index contributed by atoms with van der Waals surface area (Å²) in [6.45, 7) is 14.6. The predicted octanol–water partition coefficient (Wildman–Crippen LogP) is 2.51. The molecular weight excluding hydrogens is 224 g/mol. The molecule has 1 heterocycles. The lowest BCUT2D eigenvalue weighted by Gasteiger charge is -2.39. The number of ether oxygens (including phenoxy) is 1. The Bertz CT molecular complexity index is 243. The van der Waals surface area contributed by atoms with Gasteiger partial charge in [-0.15, -0.1) is 0 Å². The van der Waals surface area contributed by atoms with E-state index in [0.29, 0.717) is 18.2 Å². The Hall–Kier alpha value is -0.120. The fourth-order valence-electron chi connectivity index (χ4n) is 2.83. The van der Waals surface area contributed by atoms with Crippen LogP contribution >= 0.6 is 0 Å². The van der Waals surface area contributed by atoms with Crippen LogP contribution in [0.25, 0.3) is 0 Å². The number of nitrogens with zero attached hydrogens (tertiary/aromatic N) is 1. The van der Waals surface area contributed by atoms with E-state index in [1.54, 1.807) is 0 Å². The van der Waals surface area contributed by atoms with Gasteiger partial charge in [0.05, 0.1) is 6.10 Å². The molecule has 108 valence electrons. The van der Waals surface area contributed by atoms with E-state index >= 15 is 0 Å². The van der Waals surface area contributed by atoms with Gasteiger partial charge >= 0.3 is 0 Å². The lowest BCUT2D eigenvalue weighted by atomic mass is 9.84. The van der Waals surface area contributed by atoms with Gasteiger partial charge in [-0.25, -0.2) is 0 Å². The zero-order valence-electron chi connectivity index (χ0n) is 13.1. The highest BCUT2D eigenvalue weighted by atomic mass is 16.5. The van der Waals surface area contributed by atoms with E-state index in [-0.39, 0.29) is 5.41 Å². The molecule has 0 radical (unpaired) electrons. The van der Waals surface area contributed by atoms with Gasteiger partial charge in [-0.3, -0.25) is 0 Å². The summed E-state index contributed by atoms with van der Waals surface area (Å²) in [7, 11) is 2.24. The molecule has 1 saturated heterocycles. The van der Waals surface area contributed by atoms with Crippen molar-refractivity contribution in [2.75, 3.05) is 26.7 Å². The van der Waals surface area contributed by atoms with Crippen LogP contribution in [-0.4, -0.2) is 49.8 Å². The van der Waals surface area contributed by atoms with Gasteiger partial charge in [0, 0.05) is 25.2 Å². The average molecular weight is 256 g/mol. The lowest BCUT2D eigenvalue weighted by Crippen LogP contribution is -2.49. The molecule has 3 atom stereocenters. The van der Waals surface area contributed by atoms with Crippen LogP contribution in [0.2, 0.25) is 0 Å². The first kappa shape index (κ1) is 15.9. The third-order valence-electron chi connectivity index (χ3n) is 4.43. The summed E-state index contributed by atoms with van der Waals surface area (Å²) >= 11 is 0. The molecule has 0 bridgehead atoms. The minimum absolute atomic E-state index is 0.284. The number of nitrogens with one attached hydrogen (secondary N) is 1. The number of likely N-dealkylation sites (N-methyl/N-ethyl adjacent to an activating group) is 1. The summed E-state index contributed by atoms with van der Waals surface area (Å²) < 4.78 is 5.67. The Labute approximate surface area is 113 Å². The van der Waals surface area contributed by atoms with Crippen molar-refractivity contribution in [3.05, 3.63) is 0 Å². The fraction of sp³-hybridized carbons (Fsp3) is 1.00. The van der Waals surface area contributed by atoms with Gasteiger partial charge in [0.2, 0.25) is 0 Å². The molecule has 0 saturated carbocycles. The fourth-order valence-corrected chi connectivity index (χ4v) is 2.83. The molecule has 1 fully saturated rings. The van der Waals surface area contributed by atoms with Crippen LogP contribution in [-0.2, 0) is 4.74 Å². The standard InChI is InChI=1S/C15H32N2O/c1-7-9-16-13(3)15(4,5)11-17(6)14-8-10-18-12(14)2/h12-14,16H,7-11H2,1-6H3. The highest BCUT2D eigenvalue weighted by molar-refractivity contribution is 4.88. The Kier molecular flexibility index (Phi) is 6.09. The van der Waals surface area contributed by atoms with Crippen LogP contribution in [0.1, 0.15) is 47.5 Å². The van der Waals surface area contributed by atoms with Crippen molar-refractivity contribution in [1.29, 1.82) is 0 Å². The first-order chi connectivity index (χ1) is 8.38. The highest BCUT2D eigenvalue weighted by Crippen LogP contribution is 2.26. The minimum Gasteiger partial charge on any atom is -0.377 e. The molecule has 0 aromatic heterocycles. The molecular formula is C15H32N2O. The van der Waals surface area contributed by atoms with E-state index in [2.05, 4.69) is 51.9 Å². The van der Waals surface area contributed by atoms with E-state index in [4.69, 9.17) is 4.74 Å². The van der Waals surface area contributed by atoms with E-state index in [1.165, 1.54) is 12.8 Å². The van der Waals surface area contributed by atoms with Crippen molar-refractivity contribution in [2.45, 2.75) is 65.6 Å². The predicted molar refractivity (Wildman–Crippen MR) is 78.0 cm³/mol.